The average Bonchev–Trinajstić information content (AvgIpc) is 2.17. The maximum Gasteiger partial charge on any atom is 0.137 e. The van der Waals surface area contributed by atoms with Gasteiger partial charge in [0.2, 0.25) is 0 Å². The van der Waals surface area contributed by atoms with Crippen molar-refractivity contribution in [3.8, 4) is 0 Å². The van der Waals surface area contributed by atoms with Crippen molar-refractivity contribution in [2.24, 2.45) is 0 Å². The lowest BCUT2D eigenvalue weighted by Crippen LogP contribution is -2.17. The second kappa shape index (κ2) is 5.06. The summed E-state index contributed by atoms with van der Waals surface area (Å²) in [6.07, 6.45) is 0.867. The highest BCUT2D eigenvalue weighted by Gasteiger charge is 2.18. The van der Waals surface area contributed by atoms with Crippen molar-refractivity contribution in [3.63, 3.8) is 0 Å². The van der Waals surface area contributed by atoms with Gasteiger partial charge in [-0.1, -0.05) is 39.9 Å². The molecule has 1 heterocycles. The molecule has 0 saturated heterocycles. The van der Waals surface area contributed by atoms with Gasteiger partial charge in [-0.25, -0.2) is 4.98 Å². The van der Waals surface area contributed by atoms with Gasteiger partial charge in [0.25, 0.3) is 0 Å². The van der Waals surface area contributed by atoms with Gasteiger partial charge in [0.15, 0.2) is 0 Å². The third-order valence-electron chi connectivity index (χ3n) is 2.53. The third-order valence-corrected chi connectivity index (χ3v) is 2.74. The lowest BCUT2D eigenvalue weighted by Gasteiger charge is -2.21. The van der Waals surface area contributed by atoms with Crippen LogP contribution in [-0.2, 0) is 10.2 Å². The first-order valence-corrected chi connectivity index (χ1v) is 5.93. The van der Waals surface area contributed by atoms with Gasteiger partial charge in [-0.05, 0) is 12.5 Å². The van der Waals surface area contributed by atoms with Crippen LogP contribution in [0.3, 0.4) is 0 Å². The minimum atomic E-state index is -0.0102. The summed E-state index contributed by atoms with van der Waals surface area (Å²) in [7, 11) is 1.69. The monoisotopic (exact) mass is 240 g/mol. The van der Waals surface area contributed by atoms with Gasteiger partial charge in [-0.2, -0.15) is 0 Å². The molecule has 0 spiro atoms. The predicted molar refractivity (Wildman–Crippen MR) is 68.2 cm³/mol. The Balaban J connectivity index is 3.23. The van der Waals surface area contributed by atoms with Crippen LogP contribution in [0.1, 0.15) is 51.7 Å². The zero-order valence-electron chi connectivity index (χ0n) is 10.6. The zero-order chi connectivity index (χ0) is 12.3. The van der Waals surface area contributed by atoms with Crippen LogP contribution in [0.15, 0.2) is 6.07 Å². The van der Waals surface area contributed by atoms with Gasteiger partial charge in [-0.15, -0.1) is 0 Å². The highest BCUT2D eigenvalue weighted by molar-refractivity contribution is 7.71. The number of aromatic amines is 1. The average molecular weight is 240 g/mol. The summed E-state index contributed by atoms with van der Waals surface area (Å²) in [4.78, 5) is 7.65. The van der Waals surface area contributed by atoms with Crippen LogP contribution < -0.4 is 0 Å². The molecule has 0 fully saturated rings. The van der Waals surface area contributed by atoms with Crippen LogP contribution in [0.4, 0.5) is 0 Å². The summed E-state index contributed by atoms with van der Waals surface area (Å²) < 4.78 is 5.99. The molecule has 1 atom stereocenters. The minimum absolute atomic E-state index is 0.0102. The fourth-order valence-electron chi connectivity index (χ4n) is 1.50. The van der Waals surface area contributed by atoms with Crippen molar-refractivity contribution in [2.45, 2.75) is 45.6 Å². The van der Waals surface area contributed by atoms with Gasteiger partial charge < -0.3 is 9.72 Å². The van der Waals surface area contributed by atoms with Crippen LogP contribution in [0.2, 0.25) is 0 Å². The molecule has 0 aliphatic rings. The molecule has 0 aliphatic carbocycles. The Hall–Kier alpha value is -0.740. The van der Waals surface area contributed by atoms with E-state index in [1.807, 2.05) is 6.07 Å². The topological polar surface area (TPSA) is 37.9 Å². The Morgan fingerprint density at radius 3 is 2.56 bits per heavy atom. The van der Waals surface area contributed by atoms with Crippen molar-refractivity contribution in [1.82, 2.24) is 9.97 Å². The van der Waals surface area contributed by atoms with E-state index in [-0.39, 0.29) is 11.5 Å². The summed E-state index contributed by atoms with van der Waals surface area (Å²) in [5, 5.41) is 0. The Bertz CT molecular complexity index is 402. The molecule has 1 N–H and O–H groups in total. The summed E-state index contributed by atoms with van der Waals surface area (Å²) >= 11 is 5.18. The molecular formula is C12H20N2OS. The molecule has 90 valence electrons. The summed E-state index contributed by atoms with van der Waals surface area (Å²) in [6, 6.07) is 1.92. The van der Waals surface area contributed by atoms with Crippen LogP contribution in [0, 0.1) is 4.64 Å². The Kier molecular flexibility index (Phi) is 4.21. The smallest absolute Gasteiger partial charge is 0.137 e. The summed E-state index contributed by atoms with van der Waals surface area (Å²) in [5.41, 5.74) is 1.13. The number of rotatable bonds is 3. The number of H-pyrrole nitrogens is 1. The van der Waals surface area contributed by atoms with Gasteiger partial charge in [0, 0.05) is 18.2 Å². The fraction of sp³-hybridized carbons (Fsp3) is 0.667. The van der Waals surface area contributed by atoms with E-state index < -0.39 is 0 Å². The molecule has 0 saturated carbocycles. The minimum Gasteiger partial charge on any atom is -0.374 e. The van der Waals surface area contributed by atoms with E-state index in [0.29, 0.717) is 4.64 Å². The van der Waals surface area contributed by atoms with Crippen molar-refractivity contribution in [3.05, 3.63) is 22.2 Å². The number of nitrogens with zero attached hydrogens (tertiary/aromatic N) is 1. The van der Waals surface area contributed by atoms with Crippen molar-refractivity contribution >= 4 is 12.2 Å². The number of ether oxygens (including phenoxy) is 1. The first kappa shape index (κ1) is 13.3. The second-order valence-electron chi connectivity index (χ2n) is 4.90. The van der Waals surface area contributed by atoms with Gasteiger partial charge in [-0.3, -0.25) is 0 Å². The van der Waals surface area contributed by atoms with Crippen molar-refractivity contribution < 1.29 is 4.74 Å². The first-order valence-electron chi connectivity index (χ1n) is 5.53. The molecule has 0 radical (unpaired) electrons. The Morgan fingerprint density at radius 2 is 2.12 bits per heavy atom. The van der Waals surface area contributed by atoms with E-state index in [2.05, 4.69) is 37.7 Å². The maximum atomic E-state index is 5.37. The predicted octanol–water partition coefficient (Wildman–Crippen LogP) is 3.53. The van der Waals surface area contributed by atoms with E-state index in [9.17, 15) is 0 Å². The molecule has 3 nitrogen and oxygen atoms in total. The molecule has 0 aliphatic heterocycles. The number of aromatic nitrogens is 2. The third kappa shape index (κ3) is 3.12. The van der Waals surface area contributed by atoms with Crippen molar-refractivity contribution in [2.75, 3.05) is 7.11 Å². The quantitative estimate of drug-likeness (QED) is 0.821. The molecule has 4 heteroatoms. The normalized spacial score (nSPS) is 13.8. The molecule has 16 heavy (non-hydrogen) atoms. The van der Waals surface area contributed by atoms with Crippen LogP contribution in [-0.4, -0.2) is 17.1 Å². The molecule has 0 aromatic carbocycles. The number of hydrogen-bond donors (Lipinski definition) is 1. The number of hydrogen-bond acceptors (Lipinski definition) is 3. The number of methoxy groups -OCH3 is 1. The highest BCUT2D eigenvalue weighted by atomic mass is 32.1. The largest absolute Gasteiger partial charge is 0.374 e. The van der Waals surface area contributed by atoms with E-state index in [1.54, 1.807) is 7.11 Å². The SMILES string of the molecule is CCC(OC)c1nc(=S)cc(C(C)(C)C)[nH]1. The molecule has 1 aromatic rings. The lowest BCUT2D eigenvalue weighted by atomic mass is 9.92. The second-order valence-corrected chi connectivity index (χ2v) is 5.32. The molecule has 1 aromatic heterocycles. The Labute approximate surface area is 102 Å². The van der Waals surface area contributed by atoms with Crippen LogP contribution in [0.5, 0.6) is 0 Å². The highest BCUT2D eigenvalue weighted by Crippen LogP contribution is 2.23. The van der Waals surface area contributed by atoms with Crippen molar-refractivity contribution in [1.29, 1.82) is 0 Å². The number of nitrogens with one attached hydrogen (secondary N) is 1. The van der Waals surface area contributed by atoms with Gasteiger partial charge in [0.05, 0.1) is 0 Å². The van der Waals surface area contributed by atoms with Crippen LogP contribution in [0.25, 0.3) is 0 Å². The maximum absolute atomic E-state index is 5.37. The van der Waals surface area contributed by atoms with E-state index >= 15 is 0 Å². The Morgan fingerprint density at radius 1 is 1.50 bits per heavy atom. The van der Waals surface area contributed by atoms with Gasteiger partial charge in [0.1, 0.15) is 16.6 Å². The van der Waals surface area contributed by atoms with E-state index in [4.69, 9.17) is 17.0 Å². The van der Waals surface area contributed by atoms with E-state index in [1.165, 1.54) is 0 Å². The summed E-state index contributed by atoms with van der Waals surface area (Å²) in [6.45, 7) is 8.50. The summed E-state index contributed by atoms with van der Waals surface area (Å²) in [5.74, 6) is 0.822. The molecule has 0 bridgehead atoms. The van der Waals surface area contributed by atoms with Gasteiger partial charge >= 0.3 is 0 Å². The molecule has 1 unspecified atom stereocenters. The first-order chi connectivity index (χ1) is 7.38. The van der Waals surface area contributed by atoms with Crippen LogP contribution >= 0.6 is 12.2 Å². The standard InChI is InChI=1S/C12H20N2OS/c1-6-8(15-5)11-13-9(12(2,3)4)7-10(16)14-11/h7-8H,6H2,1-5H3,(H,13,14,16). The molecule has 1 rings (SSSR count). The zero-order valence-corrected chi connectivity index (χ0v) is 11.4. The molecule has 0 amide bonds. The fourth-order valence-corrected chi connectivity index (χ4v) is 1.72. The molecular weight excluding hydrogens is 220 g/mol. The lowest BCUT2D eigenvalue weighted by molar-refractivity contribution is 0.0921. The van der Waals surface area contributed by atoms with E-state index in [0.717, 1.165) is 17.9 Å².